The third kappa shape index (κ3) is 3.25. The van der Waals surface area contributed by atoms with Crippen LogP contribution in [-0.4, -0.2) is 34.1 Å². The van der Waals surface area contributed by atoms with Crippen LogP contribution in [0.4, 0.5) is 5.13 Å². The maximum Gasteiger partial charge on any atom is 0.236 e. The van der Waals surface area contributed by atoms with Crippen molar-refractivity contribution in [3.8, 4) is 11.3 Å². The molecule has 2 aromatic heterocycles. The van der Waals surface area contributed by atoms with Gasteiger partial charge in [0, 0.05) is 42.4 Å². The fourth-order valence-corrected chi connectivity index (χ4v) is 4.21. The summed E-state index contributed by atoms with van der Waals surface area (Å²) in [6, 6.07) is 13.6. The van der Waals surface area contributed by atoms with Crippen molar-refractivity contribution in [2.75, 3.05) is 18.1 Å². The van der Waals surface area contributed by atoms with Crippen LogP contribution in [0.1, 0.15) is 17.9 Å². The first kappa shape index (κ1) is 16.9. The van der Waals surface area contributed by atoms with Crippen LogP contribution in [0.25, 0.3) is 11.3 Å². The molecule has 2 atom stereocenters. The number of thiazole rings is 1. The number of anilines is 1. The molecule has 2 unspecified atom stereocenters. The zero-order valence-corrected chi connectivity index (χ0v) is 15.0. The lowest BCUT2D eigenvalue weighted by Crippen LogP contribution is -2.45. The number of carbonyl (C=O) groups excluding carboxylic acids is 1. The predicted octanol–water partition coefficient (Wildman–Crippen LogP) is 3.33. The van der Waals surface area contributed by atoms with Gasteiger partial charge in [-0.2, -0.15) is 0 Å². The lowest BCUT2D eigenvalue weighted by Gasteiger charge is -2.35. The van der Waals surface area contributed by atoms with Crippen LogP contribution < -0.4 is 4.90 Å². The van der Waals surface area contributed by atoms with E-state index < -0.39 is 0 Å². The first-order valence-electron chi connectivity index (χ1n) is 8.59. The summed E-state index contributed by atoms with van der Waals surface area (Å²) in [6.45, 7) is 0.567. The molecule has 0 radical (unpaired) electrons. The van der Waals surface area contributed by atoms with Crippen LogP contribution in [0.15, 0.2) is 60.2 Å². The molecule has 0 spiro atoms. The Morgan fingerprint density at radius 3 is 2.65 bits per heavy atom. The molecule has 1 saturated heterocycles. The Labute approximate surface area is 156 Å². The normalized spacial score (nSPS) is 20.3. The number of pyridine rings is 1. The smallest absolute Gasteiger partial charge is 0.236 e. The molecule has 3 aromatic rings. The van der Waals surface area contributed by atoms with E-state index in [9.17, 15) is 9.90 Å². The van der Waals surface area contributed by atoms with Crippen LogP contribution in [0, 0.1) is 5.92 Å². The summed E-state index contributed by atoms with van der Waals surface area (Å²) in [5.74, 6) is -0.141. The number of hydrogen-bond donors (Lipinski definition) is 1. The summed E-state index contributed by atoms with van der Waals surface area (Å²) >= 11 is 1.46. The highest BCUT2D eigenvalue weighted by Crippen LogP contribution is 2.36. The van der Waals surface area contributed by atoms with E-state index in [1.165, 1.54) is 11.3 Å². The van der Waals surface area contributed by atoms with Gasteiger partial charge in [-0.25, -0.2) is 4.98 Å². The zero-order chi connectivity index (χ0) is 17.9. The molecule has 1 aliphatic heterocycles. The second-order valence-electron chi connectivity index (χ2n) is 6.45. The van der Waals surface area contributed by atoms with E-state index in [1.54, 1.807) is 17.3 Å². The van der Waals surface area contributed by atoms with E-state index in [-0.39, 0.29) is 24.3 Å². The number of amides is 1. The minimum absolute atomic E-state index is 0.0474. The molecular formula is C20H19N3O2S. The molecule has 132 valence electrons. The third-order valence-corrected chi connectivity index (χ3v) is 5.60. The first-order valence-corrected chi connectivity index (χ1v) is 9.47. The number of aliphatic hydroxyl groups is 1. The lowest BCUT2D eigenvalue weighted by atomic mass is 9.84. The molecule has 6 heteroatoms. The molecule has 1 aliphatic rings. The molecule has 1 aromatic carbocycles. The second-order valence-corrected chi connectivity index (χ2v) is 7.28. The summed E-state index contributed by atoms with van der Waals surface area (Å²) in [6.07, 6.45) is 4.12. The van der Waals surface area contributed by atoms with E-state index >= 15 is 0 Å². The Bertz CT molecular complexity index is 882. The van der Waals surface area contributed by atoms with Gasteiger partial charge in [-0.15, -0.1) is 11.3 Å². The Balaban J connectivity index is 1.65. The van der Waals surface area contributed by atoms with Gasteiger partial charge in [-0.3, -0.25) is 14.7 Å². The number of aromatic nitrogens is 2. The van der Waals surface area contributed by atoms with Gasteiger partial charge in [0.25, 0.3) is 0 Å². The standard InChI is InChI=1S/C20H19N3O2S/c24-12-14-10-17(15-4-2-1-3-5-15)19(25)23(11-14)20-22-18(13-26-20)16-6-8-21-9-7-16/h1-9,13-14,17,24H,10-12H2. The van der Waals surface area contributed by atoms with Gasteiger partial charge < -0.3 is 5.11 Å². The molecule has 1 N–H and O–H groups in total. The lowest BCUT2D eigenvalue weighted by molar-refractivity contribution is -0.122. The van der Waals surface area contributed by atoms with E-state index in [4.69, 9.17) is 0 Å². The molecule has 3 heterocycles. The Hall–Kier alpha value is -2.57. The molecule has 5 nitrogen and oxygen atoms in total. The summed E-state index contributed by atoms with van der Waals surface area (Å²) in [7, 11) is 0. The van der Waals surface area contributed by atoms with E-state index in [0.29, 0.717) is 18.1 Å². The van der Waals surface area contributed by atoms with Gasteiger partial charge in [0.05, 0.1) is 11.6 Å². The van der Waals surface area contributed by atoms with Crippen molar-refractivity contribution in [2.24, 2.45) is 5.92 Å². The highest BCUT2D eigenvalue weighted by molar-refractivity contribution is 7.14. The largest absolute Gasteiger partial charge is 0.396 e. The maximum atomic E-state index is 13.1. The second kappa shape index (κ2) is 7.35. The van der Waals surface area contributed by atoms with Crippen molar-refractivity contribution in [2.45, 2.75) is 12.3 Å². The van der Waals surface area contributed by atoms with Crippen molar-refractivity contribution in [3.05, 3.63) is 65.8 Å². The van der Waals surface area contributed by atoms with Crippen molar-refractivity contribution in [3.63, 3.8) is 0 Å². The molecule has 1 fully saturated rings. The average Bonchev–Trinajstić information content (AvgIpc) is 3.19. The third-order valence-electron chi connectivity index (χ3n) is 4.73. The van der Waals surface area contributed by atoms with Crippen molar-refractivity contribution >= 4 is 22.4 Å². The summed E-state index contributed by atoms with van der Waals surface area (Å²) in [5, 5.41) is 12.4. The molecule has 1 amide bonds. The van der Waals surface area contributed by atoms with Crippen molar-refractivity contribution in [1.82, 2.24) is 9.97 Å². The summed E-state index contributed by atoms with van der Waals surface area (Å²) in [5.41, 5.74) is 2.81. The number of nitrogens with zero attached hydrogens (tertiary/aromatic N) is 3. The summed E-state index contributed by atoms with van der Waals surface area (Å²) < 4.78 is 0. The quantitative estimate of drug-likeness (QED) is 0.770. The Kier molecular flexibility index (Phi) is 4.77. The minimum atomic E-state index is -0.240. The SMILES string of the molecule is O=C1C(c2ccccc2)CC(CO)CN1c1nc(-c2ccncc2)cs1. The van der Waals surface area contributed by atoms with Crippen LogP contribution in [-0.2, 0) is 4.79 Å². The number of hydrogen-bond acceptors (Lipinski definition) is 5. The maximum absolute atomic E-state index is 13.1. The van der Waals surface area contributed by atoms with Gasteiger partial charge >= 0.3 is 0 Å². The van der Waals surface area contributed by atoms with Gasteiger partial charge in [0.1, 0.15) is 0 Å². The predicted molar refractivity (Wildman–Crippen MR) is 102 cm³/mol. The zero-order valence-electron chi connectivity index (χ0n) is 14.2. The number of piperidine rings is 1. The summed E-state index contributed by atoms with van der Waals surface area (Å²) in [4.78, 5) is 23.6. The van der Waals surface area contributed by atoms with Gasteiger partial charge in [-0.1, -0.05) is 30.3 Å². The number of carbonyl (C=O) groups is 1. The number of benzene rings is 1. The molecule has 26 heavy (non-hydrogen) atoms. The van der Waals surface area contributed by atoms with Gasteiger partial charge in [-0.05, 0) is 24.1 Å². The van der Waals surface area contributed by atoms with Gasteiger partial charge in [0.15, 0.2) is 5.13 Å². The van der Waals surface area contributed by atoms with E-state index in [1.807, 2.05) is 47.8 Å². The molecule has 0 bridgehead atoms. The number of aliphatic hydroxyl groups excluding tert-OH is 1. The van der Waals surface area contributed by atoms with Crippen molar-refractivity contribution < 1.29 is 9.90 Å². The minimum Gasteiger partial charge on any atom is -0.396 e. The van der Waals surface area contributed by atoms with Crippen LogP contribution in [0.3, 0.4) is 0 Å². The monoisotopic (exact) mass is 365 g/mol. The topological polar surface area (TPSA) is 66.3 Å². The Morgan fingerprint density at radius 1 is 1.15 bits per heavy atom. The first-order chi connectivity index (χ1) is 12.8. The van der Waals surface area contributed by atoms with Crippen LogP contribution in [0.5, 0.6) is 0 Å². The molecule has 0 aliphatic carbocycles. The fourth-order valence-electron chi connectivity index (χ4n) is 3.36. The molecule has 0 saturated carbocycles. The average molecular weight is 365 g/mol. The van der Waals surface area contributed by atoms with Crippen molar-refractivity contribution in [1.29, 1.82) is 0 Å². The van der Waals surface area contributed by atoms with Crippen LogP contribution >= 0.6 is 11.3 Å². The molecule has 4 rings (SSSR count). The van der Waals surface area contributed by atoms with Gasteiger partial charge in [0.2, 0.25) is 5.91 Å². The highest BCUT2D eigenvalue weighted by atomic mass is 32.1. The van der Waals surface area contributed by atoms with E-state index in [2.05, 4.69) is 9.97 Å². The van der Waals surface area contributed by atoms with Crippen LogP contribution in [0.2, 0.25) is 0 Å². The highest BCUT2D eigenvalue weighted by Gasteiger charge is 2.36. The van der Waals surface area contributed by atoms with E-state index in [0.717, 1.165) is 16.8 Å². The molecular weight excluding hydrogens is 346 g/mol. The number of rotatable bonds is 4. The Morgan fingerprint density at radius 2 is 1.92 bits per heavy atom. The fraction of sp³-hybridized carbons (Fsp3) is 0.250.